The maximum atomic E-state index is 3.99. The molecule has 72 valence electrons. The Labute approximate surface area is 77.5 Å². The second kappa shape index (κ2) is 7.20. The molecule has 0 rings (SSSR count). The summed E-state index contributed by atoms with van der Waals surface area (Å²) in [6.45, 7) is 12.9. The lowest BCUT2D eigenvalue weighted by molar-refractivity contribution is 0.333. The van der Waals surface area contributed by atoms with Crippen LogP contribution in [0.3, 0.4) is 0 Å². The first kappa shape index (κ1) is 11.5. The van der Waals surface area contributed by atoms with Crippen LogP contribution < -0.4 is 0 Å². The molecule has 0 radical (unpaired) electrons. The van der Waals surface area contributed by atoms with Crippen LogP contribution in [0.25, 0.3) is 0 Å². The van der Waals surface area contributed by atoms with Crippen LogP contribution >= 0.6 is 0 Å². The zero-order chi connectivity index (χ0) is 9.40. The standard InChI is InChI=1S/C11H23N/c1-5-7-9-12(11(3)4)10-8-6-2/h3,5-10H2,1-2,4H3. The number of nitrogens with zero attached hydrogens (tertiary/aromatic N) is 1. The number of allylic oxidation sites excluding steroid dienone is 1. The Balaban J connectivity index is 3.62. The number of rotatable bonds is 7. The van der Waals surface area contributed by atoms with Gasteiger partial charge in [-0.3, -0.25) is 0 Å². The largest absolute Gasteiger partial charge is 0.376 e. The summed E-state index contributed by atoms with van der Waals surface area (Å²) < 4.78 is 0. The van der Waals surface area contributed by atoms with Crippen LogP contribution in [-0.2, 0) is 0 Å². The van der Waals surface area contributed by atoms with E-state index in [1.807, 2.05) is 0 Å². The summed E-state index contributed by atoms with van der Waals surface area (Å²) in [4.78, 5) is 2.40. The summed E-state index contributed by atoms with van der Waals surface area (Å²) in [6.07, 6.45) is 5.12. The molecular formula is C11H23N. The highest BCUT2D eigenvalue weighted by Gasteiger charge is 2.00. The molecular weight excluding hydrogens is 146 g/mol. The molecule has 0 bridgehead atoms. The van der Waals surface area contributed by atoms with Crippen molar-refractivity contribution >= 4 is 0 Å². The minimum absolute atomic E-state index is 1.19. The first-order valence-electron chi connectivity index (χ1n) is 5.12. The zero-order valence-electron chi connectivity index (χ0n) is 8.90. The summed E-state index contributed by atoms with van der Waals surface area (Å²) >= 11 is 0. The van der Waals surface area contributed by atoms with Crippen molar-refractivity contribution in [1.82, 2.24) is 4.90 Å². The van der Waals surface area contributed by atoms with Gasteiger partial charge in [0.2, 0.25) is 0 Å². The minimum Gasteiger partial charge on any atom is -0.376 e. The Morgan fingerprint density at radius 2 is 1.50 bits per heavy atom. The van der Waals surface area contributed by atoms with E-state index in [0.717, 1.165) is 0 Å². The second-order valence-electron chi connectivity index (χ2n) is 3.43. The van der Waals surface area contributed by atoms with E-state index in [-0.39, 0.29) is 0 Å². The van der Waals surface area contributed by atoms with Gasteiger partial charge in [0, 0.05) is 18.8 Å². The summed E-state index contributed by atoms with van der Waals surface area (Å²) in [5, 5.41) is 0. The molecule has 0 heterocycles. The lowest BCUT2D eigenvalue weighted by Gasteiger charge is -2.24. The van der Waals surface area contributed by atoms with Crippen molar-refractivity contribution in [3.05, 3.63) is 12.3 Å². The molecule has 0 saturated carbocycles. The third-order valence-corrected chi connectivity index (χ3v) is 2.10. The molecule has 0 atom stereocenters. The highest BCUT2D eigenvalue weighted by molar-refractivity contribution is 4.87. The molecule has 0 aliphatic rings. The first-order chi connectivity index (χ1) is 5.72. The Hall–Kier alpha value is -0.460. The molecule has 0 N–H and O–H groups in total. The van der Waals surface area contributed by atoms with E-state index >= 15 is 0 Å². The van der Waals surface area contributed by atoms with Gasteiger partial charge in [-0.05, 0) is 19.8 Å². The number of hydrogen-bond donors (Lipinski definition) is 0. The molecule has 0 aromatic carbocycles. The van der Waals surface area contributed by atoms with Crippen molar-refractivity contribution in [3.63, 3.8) is 0 Å². The minimum atomic E-state index is 1.19. The van der Waals surface area contributed by atoms with E-state index in [0.29, 0.717) is 0 Å². The van der Waals surface area contributed by atoms with Gasteiger partial charge >= 0.3 is 0 Å². The topological polar surface area (TPSA) is 3.24 Å². The molecule has 1 nitrogen and oxygen atoms in total. The predicted molar refractivity (Wildman–Crippen MR) is 56.2 cm³/mol. The monoisotopic (exact) mass is 169 g/mol. The van der Waals surface area contributed by atoms with Crippen molar-refractivity contribution in [2.75, 3.05) is 13.1 Å². The normalized spacial score (nSPS) is 9.92. The van der Waals surface area contributed by atoms with Crippen molar-refractivity contribution in [3.8, 4) is 0 Å². The van der Waals surface area contributed by atoms with Crippen LogP contribution in [0.5, 0.6) is 0 Å². The van der Waals surface area contributed by atoms with Gasteiger partial charge in [0.05, 0.1) is 0 Å². The van der Waals surface area contributed by atoms with Crippen LogP contribution in [0.15, 0.2) is 12.3 Å². The molecule has 0 unspecified atom stereocenters. The summed E-state index contributed by atoms with van der Waals surface area (Å²) in [7, 11) is 0. The van der Waals surface area contributed by atoms with E-state index < -0.39 is 0 Å². The van der Waals surface area contributed by atoms with Crippen molar-refractivity contribution in [1.29, 1.82) is 0 Å². The highest BCUT2D eigenvalue weighted by Crippen LogP contribution is 2.05. The first-order valence-corrected chi connectivity index (χ1v) is 5.12. The van der Waals surface area contributed by atoms with Gasteiger partial charge in [0.1, 0.15) is 0 Å². The maximum Gasteiger partial charge on any atom is 0.0174 e. The van der Waals surface area contributed by atoms with Gasteiger partial charge in [-0.25, -0.2) is 0 Å². The summed E-state index contributed by atoms with van der Waals surface area (Å²) in [5.41, 5.74) is 1.22. The summed E-state index contributed by atoms with van der Waals surface area (Å²) in [5.74, 6) is 0. The predicted octanol–water partition coefficient (Wildman–Crippen LogP) is 3.42. The Morgan fingerprint density at radius 1 is 1.08 bits per heavy atom. The average Bonchev–Trinajstić information content (AvgIpc) is 2.04. The third kappa shape index (κ3) is 5.22. The smallest absolute Gasteiger partial charge is 0.0174 e. The highest BCUT2D eigenvalue weighted by atomic mass is 15.1. The van der Waals surface area contributed by atoms with Crippen LogP contribution in [0.4, 0.5) is 0 Å². The molecule has 1 heteroatoms. The molecule has 0 saturated heterocycles. The van der Waals surface area contributed by atoms with Gasteiger partial charge < -0.3 is 4.90 Å². The number of hydrogen-bond acceptors (Lipinski definition) is 1. The van der Waals surface area contributed by atoms with Gasteiger partial charge in [-0.15, -0.1) is 0 Å². The van der Waals surface area contributed by atoms with Gasteiger partial charge in [0.25, 0.3) is 0 Å². The summed E-state index contributed by atoms with van der Waals surface area (Å²) in [6, 6.07) is 0. The Kier molecular flexibility index (Phi) is 6.93. The number of unbranched alkanes of at least 4 members (excludes halogenated alkanes) is 2. The van der Waals surface area contributed by atoms with Crippen LogP contribution in [0.2, 0.25) is 0 Å². The second-order valence-corrected chi connectivity index (χ2v) is 3.43. The maximum absolute atomic E-state index is 3.99. The van der Waals surface area contributed by atoms with E-state index in [2.05, 4.69) is 32.3 Å². The van der Waals surface area contributed by atoms with Crippen LogP contribution in [0, 0.1) is 0 Å². The molecule has 0 amide bonds. The SMILES string of the molecule is C=C(C)N(CCCC)CCCC. The fourth-order valence-corrected chi connectivity index (χ4v) is 1.19. The van der Waals surface area contributed by atoms with Crippen molar-refractivity contribution in [2.45, 2.75) is 46.5 Å². The Bertz CT molecular complexity index is 110. The van der Waals surface area contributed by atoms with Gasteiger partial charge in [-0.1, -0.05) is 33.3 Å². The molecule has 0 aromatic heterocycles. The molecule has 0 aromatic rings. The van der Waals surface area contributed by atoms with E-state index in [1.54, 1.807) is 0 Å². The van der Waals surface area contributed by atoms with Crippen LogP contribution in [0.1, 0.15) is 46.5 Å². The van der Waals surface area contributed by atoms with Gasteiger partial charge in [0.15, 0.2) is 0 Å². The van der Waals surface area contributed by atoms with E-state index in [4.69, 9.17) is 0 Å². The Morgan fingerprint density at radius 3 is 1.75 bits per heavy atom. The van der Waals surface area contributed by atoms with Crippen molar-refractivity contribution < 1.29 is 0 Å². The molecule has 12 heavy (non-hydrogen) atoms. The fraction of sp³-hybridized carbons (Fsp3) is 0.818. The van der Waals surface area contributed by atoms with E-state index in [1.165, 1.54) is 44.5 Å². The lowest BCUT2D eigenvalue weighted by Crippen LogP contribution is -2.23. The molecule has 0 aliphatic carbocycles. The lowest BCUT2D eigenvalue weighted by atomic mass is 10.2. The average molecular weight is 169 g/mol. The molecule has 0 aliphatic heterocycles. The fourth-order valence-electron chi connectivity index (χ4n) is 1.19. The third-order valence-electron chi connectivity index (χ3n) is 2.10. The quantitative estimate of drug-likeness (QED) is 0.564. The zero-order valence-corrected chi connectivity index (χ0v) is 8.90. The van der Waals surface area contributed by atoms with Crippen molar-refractivity contribution in [2.24, 2.45) is 0 Å². The van der Waals surface area contributed by atoms with Gasteiger partial charge in [-0.2, -0.15) is 0 Å². The molecule has 0 fully saturated rings. The van der Waals surface area contributed by atoms with E-state index in [9.17, 15) is 0 Å². The molecule has 0 spiro atoms. The van der Waals surface area contributed by atoms with Crippen LogP contribution in [-0.4, -0.2) is 18.0 Å².